The van der Waals surface area contributed by atoms with Gasteiger partial charge in [0.05, 0.1) is 23.3 Å². The van der Waals surface area contributed by atoms with Crippen molar-refractivity contribution < 1.29 is 14.3 Å². The number of methoxy groups -OCH3 is 1. The molecule has 0 saturated carbocycles. The van der Waals surface area contributed by atoms with Gasteiger partial charge in [0.25, 0.3) is 5.91 Å². The van der Waals surface area contributed by atoms with Crippen LogP contribution in [0.3, 0.4) is 0 Å². The Hall–Kier alpha value is -3.06. The lowest BCUT2D eigenvalue weighted by atomic mass is 10.2. The smallest absolute Gasteiger partial charge is 0.337 e. The van der Waals surface area contributed by atoms with Gasteiger partial charge in [-0.05, 0) is 59.8 Å². The van der Waals surface area contributed by atoms with E-state index in [1.807, 2.05) is 49.3 Å². The fraction of sp³-hybridized carbons (Fsp3) is 0.190. The number of nitrogens with zero attached hydrogens (tertiary/aromatic N) is 3. The Balaban J connectivity index is 1.80. The predicted molar refractivity (Wildman–Crippen MR) is 114 cm³/mol. The van der Waals surface area contributed by atoms with Crippen LogP contribution in [0, 0.1) is 0 Å². The summed E-state index contributed by atoms with van der Waals surface area (Å²) >= 11 is 1.33. The Labute approximate surface area is 168 Å². The lowest BCUT2D eigenvalue weighted by Crippen LogP contribution is -2.23. The van der Waals surface area contributed by atoms with Gasteiger partial charge in [0, 0.05) is 26.8 Å². The number of hydrogen-bond donors (Lipinski definition) is 0. The minimum atomic E-state index is -0.396. The van der Waals surface area contributed by atoms with Crippen LogP contribution in [0.4, 0.5) is 11.4 Å². The number of amidine groups is 1. The summed E-state index contributed by atoms with van der Waals surface area (Å²) in [5, 5.41) is 0.590. The van der Waals surface area contributed by atoms with E-state index in [2.05, 4.69) is 9.73 Å². The molecular formula is C21H21N3O3S. The first-order chi connectivity index (χ1) is 13.4. The van der Waals surface area contributed by atoms with E-state index in [9.17, 15) is 9.59 Å². The summed E-state index contributed by atoms with van der Waals surface area (Å²) < 4.78 is 4.69. The van der Waals surface area contributed by atoms with Gasteiger partial charge in [0.15, 0.2) is 5.17 Å². The molecule has 3 rings (SSSR count). The van der Waals surface area contributed by atoms with Crippen molar-refractivity contribution in [2.75, 3.05) is 33.2 Å². The number of benzene rings is 2. The van der Waals surface area contributed by atoms with E-state index in [1.54, 1.807) is 31.3 Å². The number of rotatable bonds is 4. The molecule has 0 radical (unpaired) electrons. The van der Waals surface area contributed by atoms with Crippen LogP contribution in [0.2, 0.25) is 0 Å². The van der Waals surface area contributed by atoms with Gasteiger partial charge in [-0.3, -0.25) is 9.69 Å². The SMILES string of the molecule is COC(=O)c1ccc(N=C2SC(=Cc3ccc(N(C)C)cc3)C(=O)N2C)cc1. The van der Waals surface area contributed by atoms with Crippen molar-refractivity contribution in [1.82, 2.24) is 4.90 Å². The van der Waals surface area contributed by atoms with Crippen molar-refractivity contribution in [3.63, 3.8) is 0 Å². The fourth-order valence-electron chi connectivity index (χ4n) is 2.57. The van der Waals surface area contributed by atoms with E-state index in [1.165, 1.54) is 23.8 Å². The van der Waals surface area contributed by atoms with Crippen molar-refractivity contribution >= 4 is 46.3 Å². The molecule has 1 heterocycles. The van der Waals surface area contributed by atoms with Gasteiger partial charge in [-0.15, -0.1) is 0 Å². The number of ether oxygens (including phenoxy) is 1. The molecule has 0 N–H and O–H groups in total. The summed E-state index contributed by atoms with van der Waals surface area (Å²) in [5.41, 5.74) is 3.17. The number of thioether (sulfide) groups is 1. The number of anilines is 1. The van der Waals surface area contributed by atoms with E-state index < -0.39 is 5.97 Å². The molecule has 7 heteroatoms. The maximum Gasteiger partial charge on any atom is 0.337 e. The summed E-state index contributed by atoms with van der Waals surface area (Å²) in [6, 6.07) is 14.7. The Morgan fingerprint density at radius 1 is 1.11 bits per heavy atom. The molecule has 1 aliphatic rings. The first-order valence-electron chi connectivity index (χ1n) is 8.61. The van der Waals surface area contributed by atoms with Crippen molar-refractivity contribution in [2.45, 2.75) is 0 Å². The van der Waals surface area contributed by atoms with Crippen LogP contribution in [-0.4, -0.2) is 50.2 Å². The van der Waals surface area contributed by atoms with Gasteiger partial charge in [-0.2, -0.15) is 0 Å². The van der Waals surface area contributed by atoms with Gasteiger partial charge in [0.2, 0.25) is 0 Å². The lowest BCUT2D eigenvalue weighted by Gasteiger charge is -2.11. The van der Waals surface area contributed by atoms with E-state index in [4.69, 9.17) is 0 Å². The third kappa shape index (κ3) is 4.26. The summed E-state index contributed by atoms with van der Waals surface area (Å²) in [4.78, 5) is 32.8. The molecule has 28 heavy (non-hydrogen) atoms. The molecule has 2 aromatic carbocycles. The number of likely N-dealkylation sites (N-methyl/N-ethyl adjacent to an activating group) is 1. The van der Waals surface area contributed by atoms with Gasteiger partial charge >= 0.3 is 5.97 Å². The topological polar surface area (TPSA) is 62.2 Å². The van der Waals surface area contributed by atoms with E-state index in [0.717, 1.165) is 11.3 Å². The van der Waals surface area contributed by atoms with Gasteiger partial charge in [-0.1, -0.05) is 12.1 Å². The number of esters is 1. The molecule has 6 nitrogen and oxygen atoms in total. The third-order valence-corrected chi connectivity index (χ3v) is 5.28. The fourth-order valence-corrected chi connectivity index (χ4v) is 3.56. The Morgan fingerprint density at radius 2 is 1.75 bits per heavy atom. The van der Waals surface area contributed by atoms with Crippen LogP contribution in [0.25, 0.3) is 6.08 Å². The Morgan fingerprint density at radius 3 is 2.32 bits per heavy atom. The van der Waals surface area contributed by atoms with E-state index >= 15 is 0 Å². The van der Waals surface area contributed by atoms with Crippen molar-refractivity contribution in [3.05, 3.63) is 64.6 Å². The highest BCUT2D eigenvalue weighted by atomic mass is 32.2. The molecule has 144 valence electrons. The summed E-state index contributed by atoms with van der Waals surface area (Å²) in [6.45, 7) is 0. The molecule has 0 unspecified atom stereocenters. The summed E-state index contributed by atoms with van der Waals surface area (Å²) in [6.07, 6.45) is 1.87. The van der Waals surface area contributed by atoms with Crippen LogP contribution < -0.4 is 4.90 Å². The Bertz CT molecular complexity index is 948. The zero-order valence-corrected chi connectivity index (χ0v) is 17.0. The van der Waals surface area contributed by atoms with Crippen LogP contribution in [0.15, 0.2) is 58.4 Å². The summed E-state index contributed by atoms with van der Waals surface area (Å²) in [5.74, 6) is -0.487. The average molecular weight is 395 g/mol. The molecule has 1 fully saturated rings. The molecule has 0 spiro atoms. The minimum Gasteiger partial charge on any atom is -0.465 e. The average Bonchev–Trinajstić information content (AvgIpc) is 2.96. The zero-order valence-electron chi connectivity index (χ0n) is 16.2. The Kier molecular flexibility index (Phi) is 5.84. The van der Waals surface area contributed by atoms with Crippen LogP contribution >= 0.6 is 11.8 Å². The number of hydrogen-bond acceptors (Lipinski definition) is 6. The van der Waals surface area contributed by atoms with Crippen molar-refractivity contribution in [1.29, 1.82) is 0 Å². The monoisotopic (exact) mass is 395 g/mol. The van der Waals surface area contributed by atoms with Gasteiger partial charge < -0.3 is 9.64 Å². The molecule has 0 bridgehead atoms. The molecular weight excluding hydrogens is 374 g/mol. The first-order valence-corrected chi connectivity index (χ1v) is 9.43. The normalized spacial score (nSPS) is 16.7. The van der Waals surface area contributed by atoms with E-state index in [-0.39, 0.29) is 5.91 Å². The zero-order chi connectivity index (χ0) is 20.3. The first kappa shape index (κ1) is 19.7. The maximum atomic E-state index is 12.6. The number of aliphatic imine (C=N–C) groups is 1. The molecule has 0 aromatic heterocycles. The highest BCUT2D eigenvalue weighted by Gasteiger charge is 2.30. The quantitative estimate of drug-likeness (QED) is 0.582. The second kappa shape index (κ2) is 8.31. The standard InChI is InChI=1S/C21H21N3O3S/c1-23(2)17-11-5-14(6-12-17)13-18-19(25)24(3)21(28-18)22-16-9-7-15(8-10-16)20(26)27-4/h5-13H,1-4H3. The largest absolute Gasteiger partial charge is 0.465 e. The molecule has 1 saturated heterocycles. The summed E-state index contributed by atoms with van der Waals surface area (Å²) in [7, 11) is 7.01. The highest BCUT2D eigenvalue weighted by Crippen LogP contribution is 2.33. The second-order valence-electron chi connectivity index (χ2n) is 6.39. The molecule has 0 aliphatic carbocycles. The molecule has 1 aliphatic heterocycles. The van der Waals surface area contributed by atoms with Crippen LogP contribution in [0.1, 0.15) is 15.9 Å². The van der Waals surface area contributed by atoms with Crippen LogP contribution in [-0.2, 0) is 9.53 Å². The molecule has 1 amide bonds. The number of carbonyl (C=O) groups is 2. The third-order valence-electron chi connectivity index (χ3n) is 4.22. The van der Waals surface area contributed by atoms with E-state index in [0.29, 0.717) is 21.3 Å². The highest BCUT2D eigenvalue weighted by molar-refractivity contribution is 8.18. The second-order valence-corrected chi connectivity index (χ2v) is 7.40. The predicted octanol–water partition coefficient (Wildman–Crippen LogP) is 3.77. The van der Waals surface area contributed by atoms with Gasteiger partial charge in [0.1, 0.15) is 0 Å². The van der Waals surface area contributed by atoms with Gasteiger partial charge in [-0.25, -0.2) is 9.79 Å². The lowest BCUT2D eigenvalue weighted by molar-refractivity contribution is -0.121. The number of amides is 1. The molecule has 2 aromatic rings. The minimum absolute atomic E-state index is 0.0911. The number of carbonyl (C=O) groups excluding carboxylic acids is 2. The van der Waals surface area contributed by atoms with Crippen molar-refractivity contribution in [2.24, 2.45) is 4.99 Å². The maximum absolute atomic E-state index is 12.6. The van der Waals surface area contributed by atoms with Crippen molar-refractivity contribution in [3.8, 4) is 0 Å². The van der Waals surface area contributed by atoms with Crippen LogP contribution in [0.5, 0.6) is 0 Å². The molecule has 0 atom stereocenters.